The van der Waals surface area contributed by atoms with E-state index >= 15 is 0 Å². The van der Waals surface area contributed by atoms with Crippen molar-refractivity contribution in [3.63, 3.8) is 0 Å². The van der Waals surface area contributed by atoms with E-state index in [9.17, 15) is 8.78 Å². The summed E-state index contributed by atoms with van der Waals surface area (Å²) in [6, 6.07) is 4.95. The van der Waals surface area contributed by atoms with E-state index in [0.717, 1.165) is 0 Å². The number of H-pyrrole nitrogens is 1. The molecule has 4 nitrogen and oxygen atoms in total. The number of nitrogens with one attached hydrogen (secondary N) is 1. The van der Waals surface area contributed by atoms with Gasteiger partial charge in [0.2, 0.25) is 0 Å². The van der Waals surface area contributed by atoms with E-state index in [0.29, 0.717) is 16.6 Å². The fourth-order valence-corrected chi connectivity index (χ4v) is 2.56. The summed E-state index contributed by atoms with van der Waals surface area (Å²) < 4.78 is 29.6. The van der Waals surface area contributed by atoms with Crippen molar-refractivity contribution in [1.82, 2.24) is 14.9 Å². The van der Waals surface area contributed by atoms with Crippen LogP contribution in [0.4, 0.5) is 14.5 Å². The van der Waals surface area contributed by atoms with E-state index in [-0.39, 0.29) is 22.0 Å². The Kier molecular flexibility index (Phi) is 4.24. The second-order valence-electron chi connectivity index (χ2n) is 5.60. The number of hydrogen-bond donors (Lipinski definition) is 1. The molecule has 3 rings (SSSR count). The molecule has 0 spiro atoms. The SMILES string of the molecule is Cc1nc(-c2ccc3cc[nH]c3c2F)c(F)c(N=CN(C)C)c1Cl. The van der Waals surface area contributed by atoms with Crippen LogP contribution in [0.3, 0.4) is 0 Å². The van der Waals surface area contributed by atoms with Crippen molar-refractivity contribution in [3.8, 4) is 11.3 Å². The summed E-state index contributed by atoms with van der Waals surface area (Å²) in [6.45, 7) is 1.63. The van der Waals surface area contributed by atoms with Crippen molar-refractivity contribution in [1.29, 1.82) is 0 Å². The van der Waals surface area contributed by atoms with Crippen LogP contribution in [-0.4, -0.2) is 35.3 Å². The molecule has 0 bridgehead atoms. The number of halogens is 3. The molecule has 24 heavy (non-hydrogen) atoms. The zero-order valence-corrected chi connectivity index (χ0v) is 14.1. The number of fused-ring (bicyclic) bond motifs is 1. The molecule has 2 aromatic heterocycles. The van der Waals surface area contributed by atoms with E-state index in [2.05, 4.69) is 15.0 Å². The Bertz CT molecular complexity index is 947. The smallest absolute Gasteiger partial charge is 0.176 e. The van der Waals surface area contributed by atoms with E-state index < -0.39 is 11.6 Å². The average Bonchev–Trinajstić information content (AvgIpc) is 3.01. The van der Waals surface area contributed by atoms with Gasteiger partial charge in [-0.2, -0.15) is 0 Å². The molecule has 0 saturated heterocycles. The number of aromatic nitrogens is 2. The van der Waals surface area contributed by atoms with Gasteiger partial charge >= 0.3 is 0 Å². The lowest BCUT2D eigenvalue weighted by Gasteiger charge is -2.11. The van der Waals surface area contributed by atoms with Crippen LogP contribution >= 0.6 is 11.6 Å². The lowest BCUT2D eigenvalue weighted by Crippen LogP contribution is -2.07. The molecule has 3 aromatic rings. The summed E-state index contributed by atoms with van der Waals surface area (Å²) in [4.78, 5) is 12.7. The highest BCUT2D eigenvalue weighted by Crippen LogP contribution is 2.37. The molecule has 0 aliphatic heterocycles. The van der Waals surface area contributed by atoms with Gasteiger partial charge in [-0.05, 0) is 19.1 Å². The van der Waals surface area contributed by atoms with Gasteiger partial charge in [-0.1, -0.05) is 17.7 Å². The predicted molar refractivity (Wildman–Crippen MR) is 93.0 cm³/mol. The second-order valence-corrected chi connectivity index (χ2v) is 5.98. The van der Waals surface area contributed by atoms with Gasteiger partial charge in [0, 0.05) is 31.2 Å². The monoisotopic (exact) mass is 348 g/mol. The Labute approximate surface area is 142 Å². The Hall–Kier alpha value is -2.47. The standard InChI is InChI=1S/C17H15ClF2N4/c1-9-12(18)17(22-8-24(2)3)14(20)16(23-9)11-5-4-10-6-7-21-15(10)13(11)19/h4-8,21H,1-3H3. The van der Waals surface area contributed by atoms with Gasteiger partial charge in [0.1, 0.15) is 11.4 Å². The first-order chi connectivity index (χ1) is 11.4. The van der Waals surface area contributed by atoms with Crippen LogP contribution in [-0.2, 0) is 0 Å². The highest BCUT2D eigenvalue weighted by molar-refractivity contribution is 6.33. The maximum absolute atomic E-state index is 14.9. The Balaban J connectivity index is 2.25. The van der Waals surface area contributed by atoms with Crippen LogP contribution in [0.25, 0.3) is 22.2 Å². The van der Waals surface area contributed by atoms with Crippen molar-refractivity contribution >= 4 is 34.5 Å². The van der Waals surface area contributed by atoms with Gasteiger partial charge in [0.15, 0.2) is 11.6 Å². The summed E-state index contributed by atoms with van der Waals surface area (Å²) in [5.74, 6) is -1.32. The average molecular weight is 349 g/mol. The molecule has 0 aliphatic rings. The fourth-order valence-electron chi connectivity index (χ4n) is 2.38. The van der Waals surface area contributed by atoms with E-state index in [4.69, 9.17) is 11.6 Å². The summed E-state index contributed by atoms with van der Waals surface area (Å²) in [5, 5.41) is 0.809. The maximum Gasteiger partial charge on any atom is 0.176 e. The first kappa shape index (κ1) is 16.4. The molecule has 124 valence electrons. The number of nitrogens with zero attached hydrogens (tertiary/aromatic N) is 3. The molecule has 0 radical (unpaired) electrons. The summed E-state index contributed by atoms with van der Waals surface area (Å²) in [6.07, 6.45) is 3.05. The molecular formula is C17H15ClF2N4. The molecule has 1 N–H and O–H groups in total. The van der Waals surface area contributed by atoms with Crippen molar-refractivity contribution < 1.29 is 8.78 Å². The number of aromatic amines is 1. The zero-order chi connectivity index (χ0) is 17.4. The number of aryl methyl sites for hydroxylation is 1. The number of aliphatic imine (C=N–C) groups is 1. The normalized spacial score (nSPS) is 11.6. The third-order valence-electron chi connectivity index (χ3n) is 3.56. The van der Waals surface area contributed by atoms with Gasteiger partial charge in [-0.15, -0.1) is 0 Å². The zero-order valence-electron chi connectivity index (χ0n) is 13.4. The third-order valence-corrected chi connectivity index (χ3v) is 4.01. The molecule has 0 fully saturated rings. The molecule has 0 atom stereocenters. The van der Waals surface area contributed by atoms with Crippen molar-refractivity contribution in [2.45, 2.75) is 6.92 Å². The van der Waals surface area contributed by atoms with Gasteiger partial charge in [0.25, 0.3) is 0 Å². The van der Waals surface area contributed by atoms with Crippen LogP contribution in [0.15, 0.2) is 29.4 Å². The quantitative estimate of drug-likeness (QED) is 0.551. The lowest BCUT2D eigenvalue weighted by atomic mass is 10.1. The van der Waals surface area contributed by atoms with Crippen LogP contribution in [0.1, 0.15) is 5.69 Å². The van der Waals surface area contributed by atoms with Crippen LogP contribution in [0.2, 0.25) is 5.02 Å². The van der Waals surface area contributed by atoms with Gasteiger partial charge in [-0.25, -0.2) is 18.8 Å². The summed E-state index contributed by atoms with van der Waals surface area (Å²) >= 11 is 6.12. The highest BCUT2D eigenvalue weighted by atomic mass is 35.5. The molecule has 0 saturated carbocycles. The molecule has 0 amide bonds. The summed E-state index contributed by atoms with van der Waals surface area (Å²) in [7, 11) is 3.51. The maximum atomic E-state index is 14.9. The van der Waals surface area contributed by atoms with Gasteiger partial charge < -0.3 is 9.88 Å². The molecule has 7 heteroatoms. The number of hydrogen-bond acceptors (Lipinski definition) is 2. The van der Waals surface area contributed by atoms with Gasteiger partial charge in [-0.3, -0.25) is 0 Å². The number of pyridine rings is 1. The van der Waals surface area contributed by atoms with Crippen LogP contribution < -0.4 is 0 Å². The summed E-state index contributed by atoms with van der Waals surface area (Å²) in [5.41, 5.74) is 0.573. The van der Waals surface area contributed by atoms with Crippen molar-refractivity contribution in [2.24, 2.45) is 4.99 Å². The molecule has 0 unspecified atom stereocenters. The van der Waals surface area contributed by atoms with Crippen LogP contribution in [0, 0.1) is 18.6 Å². The lowest BCUT2D eigenvalue weighted by molar-refractivity contribution is 0.613. The van der Waals surface area contributed by atoms with Crippen molar-refractivity contribution in [2.75, 3.05) is 14.1 Å². The Morgan fingerprint density at radius 3 is 2.67 bits per heavy atom. The molecular weight excluding hydrogens is 334 g/mol. The molecule has 1 aromatic carbocycles. The Morgan fingerprint density at radius 2 is 1.96 bits per heavy atom. The first-order valence-electron chi connectivity index (χ1n) is 7.22. The molecule has 0 aliphatic carbocycles. The van der Waals surface area contributed by atoms with Crippen LogP contribution in [0.5, 0.6) is 0 Å². The van der Waals surface area contributed by atoms with E-state index in [1.807, 2.05) is 0 Å². The van der Waals surface area contributed by atoms with E-state index in [1.54, 1.807) is 44.2 Å². The van der Waals surface area contributed by atoms with Gasteiger partial charge in [0.05, 0.1) is 22.6 Å². The topological polar surface area (TPSA) is 44.3 Å². The first-order valence-corrected chi connectivity index (χ1v) is 7.60. The largest absolute Gasteiger partial charge is 0.369 e. The Morgan fingerprint density at radius 1 is 1.21 bits per heavy atom. The van der Waals surface area contributed by atoms with Crippen molar-refractivity contribution in [3.05, 3.63) is 46.7 Å². The fraction of sp³-hybridized carbons (Fsp3) is 0.176. The van der Waals surface area contributed by atoms with E-state index in [1.165, 1.54) is 12.4 Å². The predicted octanol–water partition coefficient (Wildman–Crippen LogP) is 4.69. The minimum absolute atomic E-state index is 0.0566. The minimum atomic E-state index is -0.756. The minimum Gasteiger partial charge on any atom is -0.369 e. The highest BCUT2D eigenvalue weighted by Gasteiger charge is 2.21. The third kappa shape index (κ3) is 2.73. The number of rotatable bonds is 3. The number of benzene rings is 1. The molecule has 2 heterocycles. The second kappa shape index (κ2) is 6.20.